The smallest absolute Gasteiger partial charge is 0.318 e. The van der Waals surface area contributed by atoms with E-state index in [9.17, 15) is 9.59 Å². The van der Waals surface area contributed by atoms with E-state index in [-0.39, 0.29) is 30.6 Å². The molecule has 0 aliphatic carbocycles. The van der Waals surface area contributed by atoms with Gasteiger partial charge in [-0.1, -0.05) is 24.3 Å². The number of para-hydroxylation sites is 1. The summed E-state index contributed by atoms with van der Waals surface area (Å²) in [5.41, 5.74) is 1.73. The molecule has 1 aliphatic heterocycles. The van der Waals surface area contributed by atoms with Crippen molar-refractivity contribution in [3.63, 3.8) is 0 Å². The summed E-state index contributed by atoms with van der Waals surface area (Å²) in [7, 11) is 3.18. The van der Waals surface area contributed by atoms with Crippen LogP contribution in [0.3, 0.4) is 0 Å². The molecule has 2 heterocycles. The molecule has 0 saturated carbocycles. The number of methoxy groups -OCH3 is 2. The van der Waals surface area contributed by atoms with Crippen LogP contribution in [0.15, 0.2) is 46.9 Å². The van der Waals surface area contributed by atoms with Gasteiger partial charge in [0.2, 0.25) is 0 Å². The average Bonchev–Trinajstić information content (AvgIpc) is 3.45. The molecule has 2 aromatic rings. The lowest BCUT2D eigenvalue weighted by atomic mass is 10.00. The van der Waals surface area contributed by atoms with E-state index >= 15 is 0 Å². The van der Waals surface area contributed by atoms with Crippen LogP contribution >= 0.6 is 11.3 Å². The Kier molecular flexibility index (Phi) is 8.24. The maximum Gasteiger partial charge on any atom is 0.318 e. The number of hydrogen-bond acceptors (Lipinski definition) is 6. The number of nitrogens with zero attached hydrogens (tertiary/aromatic N) is 3. The fraction of sp³-hybridized carbons (Fsp3) is 0.435. The summed E-state index contributed by atoms with van der Waals surface area (Å²) in [5, 5.41) is 11.0. The molecule has 8 nitrogen and oxygen atoms in total. The van der Waals surface area contributed by atoms with Gasteiger partial charge in [-0.2, -0.15) is 5.10 Å². The van der Waals surface area contributed by atoms with Gasteiger partial charge in [0.1, 0.15) is 12.3 Å². The first-order valence-corrected chi connectivity index (χ1v) is 11.4. The van der Waals surface area contributed by atoms with E-state index in [0.29, 0.717) is 25.3 Å². The monoisotopic (exact) mass is 458 g/mol. The first-order chi connectivity index (χ1) is 15.4. The van der Waals surface area contributed by atoms with Gasteiger partial charge in [-0.05, 0) is 31.4 Å². The summed E-state index contributed by atoms with van der Waals surface area (Å²) < 4.78 is 10.7. The minimum atomic E-state index is -0.312. The van der Waals surface area contributed by atoms with Gasteiger partial charge in [0.25, 0.3) is 5.91 Å². The van der Waals surface area contributed by atoms with Crippen molar-refractivity contribution in [3.05, 3.63) is 52.2 Å². The second-order valence-corrected chi connectivity index (χ2v) is 8.69. The average molecular weight is 459 g/mol. The summed E-state index contributed by atoms with van der Waals surface area (Å²) in [6.45, 7) is 4.29. The summed E-state index contributed by atoms with van der Waals surface area (Å²) in [5.74, 6) is 0.439. The molecule has 1 aliphatic rings. The van der Waals surface area contributed by atoms with Crippen molar-refractivity contribution in [2.75, 3.05) is 33.9 Å². The zero-order valence-corrected chi connectivity index (χ0v) is 19.7. The molecule has 172 valence electrons. The first-order valence-electron chi connectivity index (χ1n) is 10.5. The molecular formula is C23H30N4O4S. The van der Waals surface area contributed by atoms with Crippen LogP contribution in [0.25, 0.3) is 0 Å². The molecule has 0 fully saturated rings. The quantitative estimate of drug-likeness (QED) is 0.623. The van der Waals surface area contributed by atoms with Crippen LogP contribution in [0, 0.1) is 0 Å². The number of hydrazone groups is 1. The fourth-order valence-electron chi connectivity index (χ4n) is 3.54. The van der Waals surface area contributed by atoms with E-state index in [2.05, 4.69) is 10.4 Å². The van der Waals surface area contributed by atoms with Crippen molar-refractivity contribution in [2.24, 2.45) is 5.10 Å². The molecule has 1 N–H and O–H groups in total. The molecule has 9 heteroatoms. The van der Waals surface area contributed by atoms with E-state index in [1.165, 1.54) is 9.91 Å². The number of ether oxygens (including phenoxy) is 2. The lowest BCUT2D eigenvalue weighted by molar-refractivity contribution is -0.133. The Labute approximate surface area is 192 Å². The summed E-state index contributed by atoms with van der Waals surface area (Å²) >= 11 is 1.59. The van der Waals surface area contributed by atoms with Crippen LogP contribution in [0.2, 0.25) is 0 Å². The number of carbonyl (C=O) groups excluding carboxylic acids is 2. The van der Waals surface area contributed by atoms with Gasteiger partial charge in [-0.3, -0.25) is 4.79 Å². The number of hydrogen-bond donors (Lipinski definition) is 1. The Bertz CT molecular complexity index is 945. The van der Waals surface area contributed by atoms with E-state index < -0.39 is 0 Å². The second kappa shape index (κ2) is 11.1. The highest BCUT2D eigenvalue weighted by Gasteiger charge is 2.36. The Balaban J connectivity index is 1.88. The first kappa shape index (κ1) is 23.7. The fourth-order valence-corrected chi connectivity index (χ4v) is 4.26. The van der Waals surface area contributed by atoms with Crippen LogP contribution < -0.4 is 10.1 Å². The SMILES string of the molecule is COCCN(CC(=O)N1N=C(c2cccs2)CC1c1ccccc1OC)C(=O)NC(C)C. The number of carbonyl (C=O) groups is 2. The van der Waals surface area contributed by atoms with Gasteiger partial charge < -0.3 is 19.7 Å². The number of urea groups is 1. The predicted molar refractivity (Wildman–Crippen MR) is 125 cm³/mol. The van der Waals surface area contributed by atoms with E-state index in [1.807, 2.05) is 55.6 Å². The molecule has 1 aromatic heterocycles. The van der Waals surface area contributed by atoms with E-state index in [1.54, 1.807) is 25.6 Å². The van der Waals surface area contributed by atoms with Crippen LogP contribution in [0.4, 0.5) is 4.79 Å². The van der Waals surface area contributed by atoms with Gasteiger partial charge in [-0.25, -0.2) is 9.80 Å². The molecule has 0 spiro atoms. The predicted octanol–water partition coefficient (Wildman–Crippen LogP) is 3.50. The van der Waals surface area contributed by atoms with Crippen LogP contribution in [0.5, 0.6) is 5.75 Å². The van der Waals surface area contributed by atoms with Crippen molar-refractivity contribution in [1.82, 2.24) is 15.2 Å². The van der Waals surface area contributed by atoms with Gasteiger partial charge in [0.15, 0.2) is 0 Å². The minimum absolute atomic E-state index is 0.0424. The number of nitrogens with one attached hydrogen (secondary N) is 1. The Morgan fingerprint density at radius 3 is 2.69 bits per heavy atom. The molecule has 0 saturated heterocycles. The Hall–Kier alpha value is -2.91. The minimum Gasteiger partial charge on any atom is -0.496 e. The van der Waals surface area contributed by atoms with Crippen LogP contribution in [-0.2, 0) is 9.53 Å². The molecule has 0 bridgehead atoms. The van der Waals surface area contributed by atoms with Crippen LogP contribution in [-0.4, -0.2) is 67.5 Å². The third-order valence-corrected chi connectivity index (χ3v) is 5.98. The van der Waals surface area contributed by atoms with E-state index in [0.717, 1.165) is 16.2 Å². The molecule has 32 heavy (non-hydrogen) atoms. The molecule has 0 radical (unpaired) electrons. The zero-order chi connectivity index (χ0) is 23.1. The van der Waals surface area contributed by atoms with Crippen molar-refractivity contribution in [1.29, 1.82) is 0 Å². The normalized spacial score (nSPS) is 15.6. The van der Waals surface area contributed by atoms with Gasteiger partial charge >= 0.3 is 6.03 Å². The van der Waals surface area contributed by atoms with Gasteiger partial charge in [-0.15, -0.1) is 11.3 Å². The highest BCUT2D eigenvalue weighted by Crippen LogP contribution is 2.38. The number of thiophene rings is 1. The highest BCUT2D eigenvalue weighted by molar-refractivity contribution is 7.12. The topological polar surface area (TPSA) is 83.5 Å². The van der Waals surface area contributed by atoms with Crippen molar-refractivity contribution < 1.29 is 19.1 Å². The maximum absolute atomic E-state index is 13.4. The van der Waals surface area contributed by atoms with Gasteiger partial charge in [0, 0.05) is 31.7 Å². The molecule has 3 amide bonds. The van der Waals surface area contributed by atoms with Gasteiger partial charge in [0.05, 0.1) is 30.3 Å². The third kappa shape index (κ3) is 5.66. The number of benzene rings is 1. The lowest BCUT2D eigenvalue weighted by Crippen LogP contribution is -2.48. The van der Waals surface area contributed by atoms with E-state index in [4.69, 9.17) is 9.47 Å². The third-order valence-electron chi connectivity index (χ3n) is 5.06. The molecule has 1 atom stereocenters. The molecule has 1 aromatic carbocycles. The zero-order valence-electron chi connectivity index (χ0n) is 18.9. The lowest BCUT2D eigenvalue weighted by Gasteiger charge is -2.28. The molecular weight excluding hydrogens is 428 g/mol. The summed E-state index contributed by atoms with van der Waals surface area (Å²) in [6, 6.07) is 10.9. The standard InChI is InChI=1S/C23H30N4O4S/c1-16(2)24-23(29)26(11-12-30-3)15-22(28)27-19(17-8-5-6-9-20(17)31-4)14-18(25-27)21-10-7-13-32-21/h5-10,13,16,19H,11-12,14-15H2,1-4H3,(H,24,29). The van der Waals surface area contributed by atoms with Crippen molar-refractivity contribution in [3.8, 4) is 5.75 Å². The molecule has 3 rings (SSSR count). The number of amides is 3. The number of rotatable bonds is 9. The second-order valence-electron chi connectivity index (χ2n) is 7.74. The largest absolute Gasteiger partial charge is 0.496 e. The summed E-state index contributed by atoms with van der Waals surface area (Å²) in [6.07, 6.45) is 0.572. The van der Waals surface area contributed by atoms with Crippen molar-refractivity contribution in [2.45, 2.75) is 32.4 Å². The Morgan fingerprint density at radius 1 is 1.25 bits per heavy atom. The van der Waals surface area contributed by atoms with Crippen molar-refractivity contribution >= 4 is 29.0 Å². The van der Waals surface area contributed by atoms with Crippen LogP contribution in [0.1, 0.15) is 36.8 Å². The molecule has 1 unspecified atom stereocenters. The highest BCUT2D eigenvalue weighted by atomic mass is 32.1. The Morgan fingerprint density at radius 2 is 2.03 bits per heavy atom. The maximum atomic E-state index is 13.4. The summed E-state index contributed by atoms with van der Waals surface area (Å²) in [4.78, 5) is 28.6.